The molecule has 0 aromatic heterocycles. The minimum absolute atomic E-state index is 0.00271. The first-order valence-corrected chi connectivity index (χ1v) is 14.1. The molecule has 5 rings (SSSR count). The summed E-state index contributed by atoms with van der Waals surface area (Å²) < 4.78 is 15.5. The quantitative estimate of drug-likeness (QED) is 0.440. The SMILES string of the molecule is CC(C)(C)C[C@@H]1CN[C@H](c2cccc(Cl)c2F)[C@]12C(=O)N(C(=O)NCC1CCNCC1)c1cc(Cl)ccc12. The van der Waals surface area contributed by atoms with Crippen LogP contribution in [-0.2, 0) is 10.2 Å². The molecular weight excluding hydrogens is 526 g/mol. The number of amides is 3. The van der Waals surface area contributed by atoms with E-state index in [4.69, 9.17) is 23.2 Å². The van der Waals surface area contributed by atoms with Crippen molar-refractivity contribution in [2.24, 2.45) is 17.3 Å². The van der Waals surface area contributed by atoms with Crippen LogP contribution in [0.25, 0.3) is 0 Å². The van der Waals surface area contributed by atoms with E-state index >= 15 is 4.39 Å². The van der Waals surface area contributed by atoms with Crippen LogP contribution in [0.4, 0.5) is 14.9 Å². The summed E-state index contributed by atoms with van der Waals surface area (Å²) in [7, 11) is 0. The molecule has 0 radical (unpaired) electrons. The highest BCUT2D eigenvalue weighted by atomic mass is 35.5. The standard InChI is InChI=1S/C29H35Cl2FN4O2/c1-28(2,3)14-18-16-34-25(20-5-4-6-22(31)24(20)32)29(18)21-8-7-19(30)13-23(21)36(26(29)37)27(38)35-15-17-9-11-33-12-10-17/h4-8,13,17-18,25,33-34H,9-12,14-16H2,1-3H3,(H,35,38)/t18-,25-,29+/m1/s1. The first-order valence-electron chi connectivity index (χ1n) is 13.3. The van der Waals surface area contributed by atoms with Crippen molar-refractivity contribution < 1.29 is 14.0 Å². The number of benzene rings is 2. The monoisotopic (exact) mass is 560 g/mol. The van der Waals surface area contributed by atoms with Crippen molar-refractivity contribution in [3.63, 3.8) is 0 Å². The number of nitrogens with one attached hydrogen (secondary N) is 3. The van der Waals surface area contributed by atoms with E-state index in [-0.39, 0.29) is 22.3 Å². The van der Waals surface area contributed by atoms with Gasteiger partial charge in [0.05, 0.1) is 16.8 Å². The van der Waals surface area contributed by atoms with Gasteiger partial charge >= 0.3 is 6.03 Å². The summed E-state index contributed by atoms with van der Waals surface area (Å²) in [5.74, 6) is -0.762. The van der Waals surface area contributed by atoms with E-state index in [1.54, 1.807) is 24.3 Å². The van der Waals surface area contributed by atoms with E-state index < -0.39 is 23.3 Å². The molecule has 2 aromatic rings. The van der Waals surface area contributed by atoms with Crippen LogP contribution < -0.4 is 20.9 Å². The molecule has 0 unspecified atom stereocenters. The maximum Gasteiger partial charge on any atom is 0.328 e. The molecule has 3 atom stereocenters. The molecule has 2 aromatic carbocycles. The fourth-order valence-electron chi connectivity index (χ4n) is 6.61. The fraction of sp³-hybridized carbons (Fsp3) is 0.517. The highest BCUT2D eigenvalue weighted by Crippen LogP contribution is 2.58. The third-order valence-corrected chi connectivity index (χ3v) is 8.75. The van der Waals surface area contributed by atoms with Crippen LogP contribution in [0.15, 0.2) is 36.4 Å². The van der Waals surface area contributed by atoms with E-state index in [0.29, 0.717) is 47.3 Å². The summed E-state index contributed by atoms with van der Waals surface area (Å²) in [6.45, 7) is 9.18. The number of anilines is 1. The summed E-state index contributed by atoms with van der Waals surface area (Å²) in [6, 6.07) is 8.92. The molecule has 0 aliphatic carbocycles. The molecule has 9 heteroatoms. The summed E-state index contributed by atoms with van der Waals surface area (Å²) >= 11 is 12.6. The maximum absolute atomic E-state index is 15.5. The van der Waals surface area contributed by atoms with Gasteiger partial charge in [-0.3, -0.25) is 4.79 Å². The van der Waals surface area contributed by atoms with Gasteiger partial charge in [-0.05, 0) is 73.4 Å². The molecule has 38 heavy (non-hydrogen) atoms. The Bertz CT molecular complexity index is 1240. The Kier molecular flexibility index (Phi) is 7.50. The third kappa shape index (κ3) is 4.72. The lowest BCUT2D eigenvalue weighted by Crippen LogP contribution is -2.52. The number of urea groups is 1. The second-order valence-corrected chi connectivity index (χ2v) is 12.8. The number of fused-ring (bicyclic) bond motifs is 2. The number of piperidine rings is 1. The molecule has 204 valence electrons. The average molecular weight is 562 g/mol. The lowest BCUT2D eigenvalue weighted by Gasteiger charge is -2.38. The summed E-state index contributed by atoms with van der Waals surface area (Å²) in [5.41, 5.74) is 0.150. The van der Waals surface area contributed by atoms with Gasteiger partial charge in [-0.25, -0.2) is 14.1 Å². The van der Waals surface area contributed by atoms with Crippen molar-refractivity contribution in [2.75, 3.05) is 31.1 Å². The Balaban J connectivity index is 1.61. The summed E-state index contributed by atoms with van der Waals surface area (Å²) in [4.78, 5) is 29.6. The van der Waals surface area contributed by atoms with Gasteiger partial charge in [0.25, 0.3) is 0 Å². The molecule has 0 bridgehead atoms. The number of imide groups is 1. The number of hydrogen-bond donors (Lipinski definition) is 3. The number of rotatable bonds is 4. The average Bonchev–Trinajstić information content (AvgIpc) is 3.34. The van der Waals surface area contributed by atoms with Gasteiger partial charge in [0.2, 0.25) is 5.91 Å². The number of hydrogen-bond acceptors (Lipinski definition) is 4. The van der Waals surface area contributed by atoms with Crippen LogP contribution >= 0.6 is 23.2 Å². The van der Waals surface area contributed by atoms with Gasteiger partial charge in [0, 0.05) is 23.7 Å². The van der Waals surface area contributed by atoms with Crippen LogP contribution in [0.5, 0.6) is 0 Å². The summed E-state index contributed by atoms with van der Waals surface area (Å²) in [6.07, 6.45) is 2.62. The molecule has 3 N–H and O–H groups in total. The molecule has 0 saturated carbocycles. The second kappa shape index (κ2) is 10.4. The van der Waals surface area contributed by atoms with Crippen LogP contribution in [0.3, 0.4) is 0 Å². The molecule has 3 aliphatic heterocycles. The molecule has 3 amide bonds. The third-order valence-electron chi connectivity index (χ3n) is 8.23. The lowest BCUT2D eigenvalue weighted by molar-refractivity contribution is -0.124. The van der Waals surface area contributed by atoms with Gasteiger partial charge in [0.1, 0.15) is 11.2 Å². The predicted molar refractivity (Wildman–Crippen MR) is 149 cm³/mol. The second-order valence-electron chi connectivity index (χ2n) is 12.0. The van der Waals surface area contributed by atoms with E-state index in [0.717, 1.165) is 25.9 Å². The molecule has 6 nitrogen and oxygen atoms in total. The van der Waals surface area contributed by atoms with Crippen molar-refractivity contribution in [1.29, 1.82) is 0 Å². The highest BCUT2D eigenvalue weighted by Gasteiger charge is 2.65. The van der Waals surface area contributed by atoms with Gasteiger partial charge < -0.3 is 16.0 Å². The molecule has 2 saturated heterocycles. The van der Waals surface area contributed by atoms with E-state index in [2.05, 4.69) is 36.7 Å². The van der Waals surface area contributed by atoms with Crippen LogP contribution in [0.1, 0.15) is 57.2 Å². The zero-order valence-corrected chi connectivity index (χ0v) is 23.6. The van der Waals surface area contributed by atoms with Gasteiger partial charge in [-0.2, -0.15) is 0 Å². The van der Waals surface area contributed by atoms with Crippen molar-refractivity contribution in [2.45, 2.75) is 51.5 Å². The first-order chi connectivity index (χ1) is 18.0. The highest BCUT2D eigenvalue weighted by molar-refractivity contribution is 6.32. The Morgan fingerprint density at radius 1 is 1.18 bits per heavy atom. The zero-order valence-electron chi connectivity index (χ0n) is 22.0. The Hall–Kier alpha value is -2.19. The number of carbonyl (C=O) groups excluding carboxylic acids is 2. The van der Waals surface area contributed by atoms with E-state index in [1.807, 2.05) is 6.07 Å². The van der Waals surface area contributed by atoms with E-state index in [1.165, 1.54) is 11.0 Å². The van der Waals surface area contributed by atoms with Gasteiger partial charge in [-0.1, -0.05) is 62.2 Å². The van der Waals surface area contributed by atoms with Gasteiger partial charge in [-0.15, -0.1) is 0 Å². The van der Waals surface area contributed by atoms with E-state index in [9.17, 15) is 9.59 Å². The number of carbonyl (C=O) groups is 2. The van der Waals surface area contributed by atoms with Crippen LogP contribution in [0.2, 0.25) is 10.0 Å². The van der Waals surface area contributed by atoms with Gasteiger partial charge in [0.15, 0.2) is 0 Å². The zero-order chi connectivity index (χ0) is 27.2. The van der Waals surface area contributed by atoms with Crippen molar-refractivity contribution >= 4 is 40.8 Å². The molecular formula is C29H35Cl2FN4O2. The first kappa shape index (κ1) is 27.4. The minimum atomic E-state index is -1.20. The molecule has 3 heterocycles. The Labute approximate surface area is 233 Å². The predicted octanol–water partition coefficient (Wildman–Crippen LogP) is 5.82. The molecule has 2 fully saturated rings. The van der Waals surface area contributed by atoms with Crippen LogP contribution in [0, 0.1) is 23.1 Å². The smallest absolute Gasteiger partial charge is 0.328 e. The van der Waals surface area contributed by atoms with Crippen molar-refractivity contribution in [1.82, 2.24) is 16.0 Å². The maximum atomic E-state index is 15.5. The largest absolute Gasteiger partial charge is 0.337 e. The minimum Gasteiger partial charge on any atom is -0.337 e. The molecule has 3 aliphatic rings. The normalized spacial score (nSPS) is 25.7. The van der Waals surface area contributed by atoms with Crippen molar-refractivity contribution in [3.8, 4) is 0 Å². The Morgan fingerprint density at radius 2 is 1.92 bits per heavy atom. The Morgan fingerprint density at radius 3 is 2.63 bits per heavy atom. The fourth-order valence-corrected chi connectivity index (χ4v) is 6.96. The topological polar surface area (TPSA) is 73.5 Å². The lowest BCUT2D eigenvalue weighted by atomic mass is 9.63. The summed E-state index contributed by atoms with van der Waals surface area (Å²) in [5, 5.41) is 10.2. The van der Waals surface area contributed by atoms with Crippen LogP contribution in [-0.4, -0.2) is 38.1 Å². The number of halogens is 3. The number of nitrogens with zero attached hydrogens (tertiary/aromatic N) is 1. The molecule has 1 spiro atoms. The van der Waals surface area contributed by atoms with Crippen molar-refractivity contribution in [3.05, 3.63) is 63.4 Å².